The maximum Gasteiger partial charge on any atom is 0.250 e. The minimum atomic E-state index is -1.35. The molecule has 0 radical (unpaired) electrons. The van der Waals surface area contributed by atoms with E-state index >= 15 is 0 Å². The topological polar surface area (TPSA) is 77.4 Å². The number of aryl methyl sites for hydroxylation is 1. The summed E-state index contributed by atoms with van der Waals surface area (Å²) < 4.78 is 22.2. The van der Waals surface area contributed by atoms with Crippen LogP contribution in [0.15, 0.2) is 59.5 Å². The van der Waals surface area contributed by atoms with Crippen LogP contribution in [0.5, 0.6) is 5.75 Å². The highest BCUT2D eigenvalue weighted by Gasteiger charge is 2.25. The number of methoxy groups -OCH3 is 1. The molecule has 2 aromatic carbocycles. The number of ether oxygens (including phenoxy) is 1. The number of nitrogens with zero attached hydrogens (tertiary/aromatic N) is 1. The van der Waals surface area contributed by atoms with Crippen molar-refractivity contribution in [2.75, 3.05) is 7.11 Å². The number of hydrogen-bond donors (Lipinski definition) is 1. The molecule has 0 aliphatic heterocycles. The van der Waals surface area contributed by atoms with Crippen LogP contribution in [0.1, 0.15) is 55.2 Å². The molecule has 2 unspecified atom stereocenters. The molecule has 1 heterocycles. The molecule has 0 fully saturated rings. The number of hydrogen-bond acceptors (Lipinski definition) is 4. The second-order valence-electron chi connectivity index (χ2n) is 9.06. The molecule has 0 saturated heterocycles. The number of benzene rings is 2. The lowest BCUT2D eigenvalue weighted by Gasteiger charge is -2.24. The van der Waals surface area contributed by atoms with Crippen LogP contribution >= 0.6 is 11.6 Å². The average Bonchev–Trinajstić information content (AvgIpc) is 2.79. The molecule has 8 heteroatoms. The van der Waals surface area contributed by atoms with Crippen LogP contribution in [-0.4, -0.2) is 26.4 Å². The zero-order valence-corrected chi connectivity index (χ0v) is 21.7. The van der Waals surface area contributed by atoms with Gasteiger partial charge in [0.15, 0.2) is 5.78 Å². The third kappa shape index (κ3) is 5.66. The normalized spacial score (nSPS) is 13.4. The van der Waals surface area contributed by atoms with Crippen molar-refractivity contribution in [3.63, 3.8) is 0 Å². The van der Waals surface area contributed by atoms with Crippen molar-refractivity contribution in [2.24, 2.45) is 7.05 Å². The van der Waals surface area contributed by atoms with Gasteiger partial charge in [-0.15, -0.1) is 0 Å². The lowest BCUT2D eigenvalue weighted by atomic mass is 9.90. The van der Waals surface area contributed by atoms with Crippen molar-refractivity contribution in [3.05, 3.63) is 86.8 Å². The first-order valence-electron chi connectivity index (χ1n) is 10.8. The van der Waals surface area contributed by atoms with Crippen molar-refractivity contribution >= 4 is 28.4 Å². The quantitative estimate of drug-likeness (QED) is 0.460. The molecule has 0 amide bonds. The number of ketones is 1. The zero-order valence-electron chi connectivity index (χ0n) is 20.1. The van der Waals surface area contributed by atoms with Crippen LogP contribution < -0.4 is 15.0 Å². The lowest BCUT2D eigenvalue weighted by molar-refractivity contribution is 0.103. The summed E-state index contributed by atoms with van der Waals surface area (Å²) >= 11 is 6.00. The summed E-state index contributed by atoms with van der Waals surface area (Å²) in [5, 5.41) is 0.537. The Bertz CT molecular complexity index is 1290. The van der Waals surface area contributed by atoms with Gasteiger partial charge in [-0.2, -0.15) is 0 Å². The molecule has 3 aromatic rings. The second-order valence-corrected chi connectivity index (χ2v) is 11.5. The molecule has 6 nitrogen and oxygen atoms in total. The monoisotopic (exact) mass is 500 g/mol. The first kappa shape index (κ1) is 25.9. The van der Waals surface area contributed by atoms with E-state index in [4.69, 9.17) is 16.3 Å². The summed E-state index contributed by atoms with van der Waals surface area (Å²) in [4.78, 5) is 26.1. The lowest BCUT2D eigenvalue weighted by Crippen LogP contribution is -2.35. The Morgan fingerprint density at radius 1 is 1.09 bits per heavy atom. The SMILES string of the molecule is COc1ccc(-c2cn(C)c(=O)cc2C(C)NS(=O)C(C)(C)C)c(C(=O)c2ccc(Cl)cc2)c1. The van der Waals surface area contributed by atoms with E-state index in [-0.39, 0.29) is 11.3 Å². The molecule has 0 aliphatic carbocycles. The van der Waals surface area contributed by atoms with Gasteiger partial charge in [0.05, 0.1) is 22.8 Å². The summed E-state index contributed by atoms with van der Waals surface area (Å²) in [6, 6.07) is 13.1. The Hall–Kier alpha value is -2.74. The summed E-state index contributed by atoms with van der Waals surface area (Å²) in [7, 11) is 1.84. The molecule has 3 rings (SSSR count). The van der Waals surface area contributed by atoms with Gasteiger partial charge in [0.25, 0.3) is 5.56 Å². The molecule has 0 bridgehead atoms. The molecule has 2 atom stereocenters. The van der Waals surface area contributed by atoms with Crippen LogP contribution in [0.25, 0.3) is 11.1 Å². The fraction of sp³-hybridized carbons (Fsp3) is 0.308. The average molecular weight is 501 g/mol. The van der Waals surface area contributed by atoms with Crippen molar-refractivity contribution in [1.82, 2.24) is 9.29 Å². The van der Waals surface area contributed by atoms with E-state index in [1.807, 2.05) is 27.7 Å². The minimum Gasteiger partial charge on any atom is -0.497 e. The Balaban J connectivity index is 2.20. The fourth-order valence-electron chi connectivity index (χ4n) is 3.46. The second kappa shape index (κ2) is 10.3. The van der Waals surface area contributed by atoms with Gasteiger partial charge < -0.3 is 9.30 Å². The number of rotatable bonds is 7. The number of pyridine rings is 1. The van der Waals surface area contributed by atoms with Gasteiger partial charge in [0, 0.05) is 47.1 Å². The van der Waals surface area contributed by atoms with Crippen LogP contribution in [0.4, 0.5) is 0 Å². The van der Waals surface area contributed by atoms with E-state index < -0.39 is 21.8 Å². The summed E-state index contributed by atoms with van der Waals surface area (Å²) in [5.74, 6) is 0.330. The van der Waals surface area contributed by atoms with Crippen molar-refractivity contribution in [1.29, 1.82) is 0 Å². The maximum absolute atomic E-state index is 13.5. The molecule has 1 N–H and O–H groups in total. The van der Waals surface area contributed by atoms with E-state index in [1.165, 1.54) is 17.7 Å². The molecule has 0 spiro atoms. The van der Waals surface area contributed by atoms with Crippen LogP contribution in [0, 0.1) is 0 Å². The van der Waals surface area contributed by atoms with E-state index in [0.29, 0.717) is 38.6 Å². The van der Waals surface area contributed by atoms with Crippen molar-refractivity contribution < 1.29 is 13.7 Å². The first-order valence-corrected chi connectivity index (χ1v) is 12.3. The van der Waals surface area contributed by atoms with Gasteiger partial charge in [-0.1, -0.05) is 11.6 Å². The maximum atomic E-state index is 13.5. The zero-order chi connectivity index (χ0) is 25.2. The number of carbonyl (C=O) groups is 1. The standard InChI is InChI=1S/C26H29ClN2O4S/c1-16(28-34(32)26(2,3)4)21-14-24(30)29(5)15-23(21)20-12-11-19(33-6)13-22(20)25(31)17-7-9-18(27)10-8-17/h7-16,28H,1-6H3. The molecule has 1 aromatic heterocycles. The molecule has 180 valence electrons. The molecule has 0 saturated carbocycles. The number of halogens is 1. The Morgan fingerprint density at radius 2 is 1.74 bits per heavy atom. The predicted molar refractivity (Wildman–Crippen MR) is 138 cm³/mol. The molecular formula is C26H29ClN2O4S. The third-order valence-corrected chi connectivity index (χ3v) is 7.37. The third-order valence-electron chi connectivity index (χ3n) is 5.43. The smallest absolute Gasteiger partial charge is 0.250 e. The van der Waals surface area contributed by atoms with Gasteiger partial charge in [-0.3, -0.25) is 9.59 Å². The van der Waals surface area contributed by atoms with Gasteiger partial charge in [-0.25, -0.2) is 8.93 Å². The minimum absolute atomic E-state index is 0.201. The highest BCUT2D eigenvalue weighted by atomic mass is 35.5. The van der Waals surface area contributed by atoms with Crippen LogP contribution in [0.2, 0.25) is 5.02 Å². The summed E-state index contributed by atoms with van der Waals surface area (Å²) in [5.41, 5.74) is 2.68. The Kier molecular flexibility index (Phi) is 7.81. The number of nitrogens with one attached hydrogen (secondary N) is 1. The molecule has 34 heavy (non-hydrogen) atoms. The summed E-state index contributed by atoms with van der Waals surface area (Å²) in [6.07, 6.45) is 1.70. The number of aromatic nitrogens is 1. The Labute approximate surface area is 207 Å². The fourth-order valence-corrected chi connectivity index (χ4v) is 4.39. The summed E-state index contributed by atoms with van der Waals surface area (Å²) in [6.45, 7) is 7.48. The highest BCUT2D eigenvalue weighted by molar-refractivity contribution is 7.84. The van der Waals surface area contributed by atoms with E-state index in [1.54, 1.807) is 55.7 Å². The van der Waals surface area contributed by atoms with Crippen molar-refractivity contribution in [3.8, 4) is 16.9 Å². The van der Waals surface area contributed by atoms with Crippen LogP contribution in [0.3, 0.4) is 0 Å². The largest absolute Gasteiger partial charge is 0.497 e. The van der Waals surface area contributed by atoms with Gasteiger partial charge in [0.1, 0.15) is 5.75 Å². The van der Waals surface area contributed by atoms with Gasteiger partial charge in [-0.05, 0) is 81.3 Å². The molecular weight excluding hydrogens is 472 g/mol. The molecule has 0 aliphatic rings. The number of carbonyl (C=O) groups excluding carboxylic acids is 1. The van der Waals surface area contributed by atoms with Crippen molar-refractivity contribution in [2.45, 2.75) is 38.5 Å². The van der Waals surface area contributed by atoms with E-state index in [2.05, 4.69) is 4.72 Å². The predicted octanol–water partition coefficient (Wildman–Crippen LogP) is 5.06. The highest BCUT2D eigenvalue weighted by Crippen LogP contribution is 2.34. The van der Waals surface area contributed by atoms with Crippen LogP contribution in [-0.2, 0) is 18.0 Å². The van der Waals surface area contributed by atoms with E-state index in [0.717, 1.165) is 0 Å². The van der Waals surface area contributed by atoms with Gasteiger partial charge in [0.2, 0.25) is 0 Å². The van der Waals surface area contributed by atoms with Gasteiger partial charge >= 0.3 is 0 Å². The first-order chi connectivity index (χ1) is 15.9. The van der Waals surface area contributed by atoms with E-state index in [9.17, 15) is 13.8 Å². The Morgan fingerprint density at radius 3 is 2.32 bits per heavy atom.